The Hall–Kier alpha value is -1.27. The summed E-state index contributed by atoms with van der Waals surface area (Å²) in [7, 11) is 0. The molecule has 2 heterocycles. The van der Waals surface area contributed by atoms with Gasteiger partial charge in [0.15, 0.2) is 0 Å². The Morgan fingerprint density at radius 3 is 2.67 bits per heavy atom. The molecule has 0 spiro atoms. The summed E-state index contributed by atoms with van der Waals surface area (Å²) in [6.45, 7) is 0. The van der Waals surface area contributed by atoms with Crippen LogP contribution in [0.4, 0.5) is 0 Å². The van der Waals surface area contributed by atoms with Crippen molar-refractivity contribution < 1.29 is 9.21 Å². The van der Waals surface area contributed by atoms with Gasteiger partial charge < -0.3 is 4.42 Å². The summed E-state index contributed by atoms with van der Waals surface area (Å²) in [6, 6.07) is 9.15. The molecule has 27 heavy (non-hydrogen) atoms. The van der Waals surface area contributed by atoms with E-state index < -0.39 is 0 Å². The van der Waals surface area contributed by atoms with Crippen molar-refractivity contribution in [2.75, 3.05) is 0 Å². The fourth-order valence-corrected chi connectivity index (χ4v) is 5.41. The highest BCUT2D eigenvalue weighted by Gasteiger charge is 2.37. The van der Waals surface area contributed by atoms with Crippen LogP contribution in [-0.2, 0) is 4.79 Å². The van der Waals surface area contributed by atoms with E-state index in [-0.39, 0.29) is 11.9 Å². The molecule has 4 rings (SSSR count). The Balaban J connectivity index is 1.56. The van der Waals surface area contributed by atoms with Crippen LogP contribution in [0.15, 0.2) is 39.7 Å². The molecule has 0 radical (unpaired) electrons. The van der Waals surface area contributed by atoms with E-state index in [2.05, 4.69) is 0 Å². The van der Waals surface area contributed by atoms with Crippen molar-refractivity contribution >= 4 is 63.5 Å². The van der Waals surface area contributed by atoms with Gasteiger partial charge in [0, 0.05) is 22.7 Å². The average Bonchev–Trinajstić information content (AvgIpc) is 3.21. The summed E-state index contributed by atoms with van der Waals surface area (Å²) in [4.78, 5) is 15.3. The van der Waals surface area contributed by atoms with Crippen molar-refractivity contribution in [3.05, 3.63) is 51.0 Å². The fourth-order valence-electron chi connectivity index (χ4n) is 3.53. The Morgan fingerprint density at radius 2 is 1.93 bits per heavy atom. The van der Waals surface area contributed by atoms with Crippen LogP contribution >= 0.6 is 47.2 Å². The largest absolute Gasteiger partial charge is 0.457 e. The summed E-state index contributed by atoms with van der Waals surface area (Å²) in [5, 5.41) is 1.09. The maximum absolute atomic E-state index is 12.9. The zero-order chi connectivity index (χ0) is 19.0. The standard InChI is InChI=1S/C20H17Cl2NO2S2/c21-12-6-8-15(16(22)10-12)17-9-7-14(25-17)11-18-19(24)23(20(26)27-18)13-4-2-1-3-5-13/h6-11,13H,1-5H2. The SMILES string of the molecule is O=C1C(=Cc2ccc(-c3ccc(Cl)cc3Cl)o2)SC(=S)N1C1CCCCC1. The van der Waals surface area contributed by atoms with Gasteiger partial charge in [0.25, 0.3) is 5.91 Å². The van der Waals surface area contributed by atoms with E-state index in [0.29, 0.717) is 30.8 Å². The first-order valence-corrected chi connectivity index (χ1v) is 10.8. The number of carbonyl (C=O) groups excluding carboxylic acids is 1. The van der Waals surface area contributed by atoms with E-state index >= 15 is 0 Å². The van der Waals surface area contributed by atoms with Crippen LogP contribution in [0.3, 0.4) is 0 Å². The smallest absolute Gasteiger partial charge is 0.266 e. The number of halogens is 2. The van der Waals surface area contributed by atoms with E-state index in [1.165, 1.54) is 18.2 Å². The lowest BCUT2D eigenvalue weighted by atomic mass is 9.94. The van der Waals surface area contributed by atoms with Crippen LogP contribution in [0.5, 0.6) is 0 Å². The highest BCUT2D eigenvalue weighted by molar-refractivity contribution is 8.26. The molecule has 0 unspecified atom stereocenters. The number of nitrogens with zero attached hydrogens (tertiary/aromatic N) is 1. The lowest BCUT2D eigenvalue weighted by molar-refractivity contribution is -0.124. The van der Waals surface area contributed by atoms with E-state index in [0.717, 1.165) is 31.2 Å². The molecule has 140 valence electrons. The molecule has 1 amide bonds. The first-order valence-electron chi connectivity index (χ1n) is 8.85. The van der Waals surface area contributed by atoms with Gasteiger partial charge in [-0.3, -0.25) is 9.69 Å². The second-order valence-corrected chi connectivity index (χ2v) is 9.19. The van der Waals surface area contributed by atoms with Gasteiger partial charge in [-0.1, -0.05) is 66.4 Å². The van der Waals surface area contributed by atoms with Crippen molar-refractivity contribution in [1.29, 1.82) is 0 Å². The molecular weight excluding hydrogens is 421 g/mol. The van der Waals surface area contributed by atoms with Crippen molar-refractivity contribution in [1.82, 2.24) is 4.90 Å². The third kappa shape index (κ3) is 3.97. The topological polar surface area (TPSA) is 33.5 Å². The third-order valence-electron chi connectivity index (χ3n) is 4.86. The van der Waals surface area contributed by atoms with Gasteiger partial charge in [0.1, 0.15) is 15.8 Å². The fraction of sp³-hybridized carbons (Fsp3) is 0.300. The number of thiocarbonyl (C=S) groups is 1. The van der Waals surface area contributed by atoms with Crippen molar-refractivity contribution in [2.24, 2.45) is 0 Å². The molecule has 1 aromatic carbocycles. The number of hydrogen-bond acceptors (Lipinski definition) is 4. The molecule has 1 saturated heterocycles. The lowest BCUT2D eigenvalue weighted by Crippen LogP contribution is -2.39. The van der Waals surface area contributed by atoms with Gasteiger partial charge in [0.05, 0.1) is 9.93 Å². The van der Waals surface area contributed by atoms with Gasteiger partial charge in [0.2, 0.25) is 0 Å². The minimum atomic E-state index is -0.0145. The van der Waals surface area contributed by atoms with Gasteiger partial charge >= 0.3 is 0 Å². The van der Waals surface area contributed by atoms with Crippen LogP contribution in [-0.4, -0.2) is 21.2 Å². The molecule has 3 nitrogen and oxygen atoms in total. The number of amides is 1. The third-order valence-corrected chi connectivity index (χ3v) is 6.74. The summed E-state index contributed by atoms with van der Waals surface area (Å²) >= 11 is 19.0. The molecule has 1 aliphatic carbocycles. The first kappa shape index (κ1) is 19.1. The quantitative estimate of drug-likeness (QED) is 0.390. The van der Waals surface area contributed by atoms with E-state index in [9.17, 15) is 4.79 Å². The molecular formula is C20H17Cl2NO2S2. The van der Waals surface area contributed by atoms with Crippen LogP contribution in [0, 0.1) is 0 Å². The molecule has 2 aliphatic rings. The monoisotopic (exact) mass is 437 g/mol. The molecule has 1 aliphatic heterocycles. The molecule has 0 N–H and O–H groups in total. The minimum Gasteiger partial charge on any atom is -0.457 e. The summed E-state index contributed by atoms with van der Waals surface area (Å²) < 4.78 is 6.53. The molecule has 0 atom stereocenters. The van der Waals surface area contributed by atoms with Crippen molar-refractivity contribution in [3.8, 4) is 11.3 Å². The normalized spacial score (nSPS) is 20.1. The number of benzene rings is 1. The molecule has 1 saturated carbocycles. The van der Waals surface area contributed by atoms with Gasteiger partial charge in [-0.2, -0.15) is 0 Å². The summed E-state index contributed by atoms with van der Waals surface area (Å²) in [5.41, 5.74) is 0.760. The molecule has 1 aromatic heterocycles. The molecule has 2 aromatic rings. The van der Waals surface area contributed by atoms with Gasteiger partial charge in [-0.25, -0.2) is 0 Å². The van der Waals surface area contributed by atoms with E-state index in [4.69, 9.17) is 39.8 Å². The van der Waals surface area contributed by atoms with E-state index in [1.54, 1.807) is 23.1 Å². The Labute approximate surface area is 177 Å². The van der Waals surface area contributed by atoms with Gasteiger partial charge in [-0.15, -0.1) is 0 Å². The lowest BCUT2D eigenvalue weighted by Gasteiger charge is -2.29. The highest BCUT2D eigenvalue weighted by atomic mass is 35.5. The van der Waals surface area contributed by atoms with Crippen molar-refractivity contribution in [2.45, 2.75) is 38.1 Å². The number of thioether (sulfide) groups is 1. The second-order valence-electron chi connectivity index (χ2n) is 6.67. The number of carbonyl (C=O) groups is 1. The Morgan fingerprint density at radius 1 is 1.15 bits per heavy atom. The minimum absolute atomic E-state index is 0.0145. The van der Waals surface area contributed by atoms with Crippen LogP contribution in [0.1, 0.15) is 37.9 Å². The second kappa shape index (κ2) is 8.00. The number of furan rings is 1. The molecule has 7 heteroatoms. The zero-order valence-corrected chi connectivity index (χ0v) is 17.6. The number of hydrogen-bond donors (Lipinski definition) is 0. The first-order chi connectivity index (χ1) is 13.0. The Kier molecular flexibility index (Phi) is 5.65. The predicted octanol–water partition coefficient (Wildman–Crippen LogP) is 6.79. The zero-order valence-electron chi connectivity index (χ0n) is 14.4. The summed E-state index contributed by atoms with van der Waals surface area (Å²) in [5.74, 6) is 1.21. The van der Waals surface area contributed by atoms with Crippen LogP contribution < -0.4 is 0 Å². The molecule has 0 bridgehead atoms. The Bertz CT molecular complexity index is 932. The average molecular weight is 438 g/mol. The maximum Gasteiger partial charge on any atom is 0.266 e. The van der Waals surface area contributed by atoms with Crippen LogP contribution in [0.2, 0.25) is 10.0 Å². The predicted molar refractivity (Wildman–Crippen MR) is 116 cm³/mol. The summed E-state index contributed by atoms with van der Waals surface area (Å²) in [6.07, 6.45) is 7.37. The van der Waals surface area contributed by atoms with E-state index in [1.807, 2.05) is 18.2 Å². The van der Waals surface area contributed by atoms with Crippen molar-refractivity contribution in [3.63, 3.8) is 0 Å². The number of rotatable bonds is 3. The van der Waals surface area contributed by atoms with Gasteiger partial charge in [-0.05, 0) is 43.2 Å². The highest BCUT2D eigenvalue weighted by Crippen LogP contribution is 2.38. The van der Waals surface area contributed by atoms with Crippen LogP contribution in [0.25, 0.3) is 17.4 Å². The maximum atomic E-state index is 12.9. The molecule has 2 fully saturated rings.